The molecule has 110 valence electrons. The topological polar surface area (TPSA) is 77.2 Å². The van der Waals surface area contributed by atoms with Gasteiger partial charge in [0.15, 0.2) is 0 Å². The van der Waals surface area contributed by atoms with E-state index < -0.39 is 5.91 Å². The van der Waals surface area contributed by atoms with Crippen LogP contribution in [0.5, 0.6) is 5.75 Å². The van der Waals surface area contributed by atoms with Crippen LogP contribution in [0.25, 0.3) is 0 Å². The first-order chi connectivity index (χ1) is 10.0. The van der Waals surface area contributed by atoms with Crippen molar-refractivity contribution in [3.8, 4) is 5.75 Å². The quantitative estimate of drug-likeness (QED) is 0.886. The van der Waals surface area contributed by atoms with E-state index in [-0.39, 0.29) is 11.9 Å². The lowest BCUT2D eigenvalue weighted by atomic mass is 10.1. The zero-order valence-electron chi connectivity index (χ0n) is 11.8. The van der Waals surface area contributed by atoms with Gasteiger partial charge in [0, 0.05) is 5.56 Å². The van der Waals surface area contributed by atoms with E-state index in [0.717, 1.165) is 6.20 Å². The molecule has 0 aliphatic rings. The highest BCUT2D eigenvalue weighted by molar-refractivity contribution is 5.94. The van der Waals surface area contributed by atoms with Crippen LogP contribution in [-0.4, -0.2) is 18.0 Å². The van der Waals surface area contributed by atoms with Crippen molar-refractivity contribution in [2.75, 3.05) is 12.4 Å². The highest BCUT2D eigenvalue weighted by atomic mass is 19.1. The molecule has 2 aromatic rings. The fourth-order valence-corrected chi connectivity index (χ4v) is 1.92. The number of hydrogen-bond acceptors (Lipinski definition) is 4. The van der Waals surface area contributed by atoms with Crippen molar-refractivity contribution < 1.29 is 13.9 Å². The highest BCUT2D eigenvalue weighted by Crippen LogP contribution is 2.28. The number of carbonyl (C=O) groups excluding carboxylic acids is 1. The molecule has 1 aromatic heterocycles. The van der Waals surface area contributed by atoms with E-state index in [4.69, 9.17) is 10.5 Å². The second kappa shape index (κ2) is 6.21. The summed E-state index contributed by atoms with van der Waals surface area (Å²) in [7, 11) is 1.53. The number of ether oxygens (including phenoxy) is 1. The van der Waals surface area contributed by atoms with Gasteiger partial charge in [-0.25, -0.2) is 4.39 Å². The summed E-state index contributed by atoms with van der Waals surface area (Å²) in [5.41, 5.74) is 6.93. The van der Waals surface area contributed by atoms with Gasteiger partial charge in [-0.2, -0.15) is 0 Å². The zero-order valence-corrected chi connectivity index (χ0v) is 11.8. The lowest BCUT2D eigenvalue weighted by Crippen LogP contribution is -2.13. The van der Waals surface area contributed by atoms with Gasteiger partial charge in [0.25, 0.3) is 0 Å². The molecule has 0 aliphatic heterocycles. The molecule has 6 heteroatoms. The van der Waals surface area contributed by atoms with Crippen LogP contribution in [0.15, 0.2) is 36.5 Å². The van der Waals surface area contributed by atoms with Crippen molar-refractivity contribution in [1.82, 2.24) is 4.98 Å². The molecule has 0 radical (unpaired) electrons. The number of anilines is 1. The molecule has 1 unspecified atom stereocenters. The molecule has 0 saturated heterocycles. The Balaban J connectivity index is 2.26. The number of carbonyl (C=O) groups is 1. The van der Waals surface area contributed by atoms with Gasteiger partial charge in [-0.3, -0.25) is 9.78 Å². The molecule has 0 saturated carbocycles. The van der Waals surface area contributed by atoms with Gasteiger partial charge in [-0.15, -0.1) is 0 Å². The Bertz CT molecular complexity index is 644. The summed E-state index contributed by atoms with van der Waals surface area (Å²) in [5, 5.41) is 3.17. The standard InChI is InChI=1S/C15H16FN3O2/c1-9(12-5-4-11(16)8-18-12)19-13-7-10(15(17)20)3-6-14(13)21-2/h3-9,19H,1-2H3,(H2,17,20). The number of halogens is 1. The second-order valence-electron chi connectivity index (χ2n) is 4.55. The Hall–Kier alpha value is -2.63. The first-order valence-electron chi connectivity index (χ1n) is 6.37. The summed E-state index contributed by atoms with van der Waals surface area (Å²) in [4.78, 5) is 15.3. The summed E-state index contributed by atoms with van der Waals surface area (Å²) in [6.07, 6.45) is 1.16. The lowest BCUT2D eigenvalue weighted by molar-refractivity contribution is 0.100. The van der Waals surface area contributed by atoms with Crippen molar-refractivity contribution >= 4 is 11.6 Å². The number of nitrogens with one attached hydrogen (secondary N) is 1. The number of aromatic nitrogens is 1. The minimum Gasteiger partial charge on any atom is -0.495 e. The Morgan fingerprint density at radius 2 is 2.14 bits per heavy atom. The van der Waals surface area contributed by atoms with Crippen LogP contribution in [0, 0.1) is 5.82 Å². The van der Waals surface area contributed by atoms with Crippen molar-refractivity contribution in [1.29, 1.82) is 0 Å². The maximum atomic E-state index is 12.9. The molecule has 1 atom stereocenters. The van der Waals surface area contributed by atoms with Gasteiger partial charge in [0.1, 0.15) is 11.6 Å². The van der Waals surface area contributed by atoms with E-state index in [1.54, 1.807) is 24.3 Å². The van der Waals surface area contributed by atoms with Crippen LogP contribution in [0.4, 0.5) is 10.1 Å². The predicted octanol–water partition coefficient (Wildman–Crippen LogP) is 2.50. The van der Waals surface area contributed by atoms with Gasteiger partial charge in [-0.05, 0) is 37.3 Å². The normalized spacial score (nSPS) is 11.8. The molecule has 3 N–H and O–H groups in total. The molecule has 5 nitrogen and oxygen atoms in total. The van der Waals surface area contributed by atoms with Crippen LogP contribution in [0.2, 0.25) is 0 Å². The number of nitrogens with zero attached hydrogens (tertiary/aromatic N) is 1. The zero-order chi connectivity index (χ0) is 15.4. The predicted molar refractivity (Wildman–Crippen MR) is 77.7 cm³/mol. The van der Waals surface area contributed by atoms with Gasteiger partial charge < -0.3 is 15.8 Å². The van der Waals surface area contributed by atoms with Gasteiger partial charge >= 0.3 is 0 Å². The van der Waals surface area contributed by atoms with Crippen LogP contribution >= 0.6 is 0 Å². The molecule has 0 aliphatic carbocycles. The number of primary amides is 1. The average molecular weight is 289 g/mol. The molecular formula is C15H16FN3O2. The Kier molecular flexibility index (Phi) is 4.37. The SMILES string of the molecule is COc1ccc(C(N)=O)cc1NC(C)c1ccc(F)cn1. The molecule has 0 fully saturated rings. The first-order valence-corrected chi connectivity index (χ1v) is 6.37. The Labute approximate surface area is 121 Å². The van der Waals surface area contributed by atoms with Crippen LogP contribution in [0.3, 0.4) is 0 Å². The molecule has 1 aromatic carbocycles. The smallest absolute Gasteiger partial charge is 0.248 e. The second-order valence-corrected chi connectivity index (χ2v) is 4.55. The first kappa shape index (κ1) is 14.8. The van der Waals surface area contributed by atoms with E-state index in [9.17, 15) is 9.18 Å². The van der Waals surface area contributed by atoms with E-state index in [1.165, 1.54) is 13.2 Å². The number of methoxy groups -OCH3 is 1. The molecule has 1 amide bonds. The largest absolute Gasteiger partial charge is 0.495 e. The molecular weight excluding hydrogens is 273 g/mol. The number of hydrogen-bond donors (Lipinski definition) is 2. The average Bonchev–Trinajstić information content (AvgIpc) is 2.47. The van der Waals surface area contributed by atoms with Gasteiger partial charge in [-0.1, -0.05) is 0 Å². The van der Waals surface area contributed by atoms with Crippen LogP contribution in [-0.2, 0) is 0 Å². The third-order valence-corrected chi connectivity index (χ3v) is 3.05. The van der Waals surface area contributed by atoms with E-state index in [1.807, 2.05) is 6.92 Å². The number of benzene rings is 1. The summed E-state index contributed by atoms with van der Waals surface area (Å²) in [5.74, 6) is -0.332. The number of rotatable bonds is 5. The van der Waals surface area contributed by atoms with E-state index in [0.29, 0.717) is 22.7 Å². The molecule has 2 rings (SSSR count). The number of pyridine rings is 1. The van der Waals surface area contributed by atoms with Crippen molar-refractivity contribution in [2.45, 2.75) is 13.0 Å². The molecule has 0 bridgehead atoms. The summed E-state index contributed by atoms with van der Waals surface area (Å²) in [6, 6.07) is 7.61. The van der Waals surface area contributed by atoms with Crippen molar-refractivity contribution in [2.24, 2.45) is 5.73 Å². The summed E-state index contributed by atoms with van der Waals surface area (Å²) in [6.45, 7) is 1.87. The van der Waals surface area contributed by atoms with Gasteiger partial charge in [0.2, 0.25) is 5.91 Å². The summed E-state index contributed by atoms with van der Waals surface area (Å²) < 4.78 is 18.1. The van der Waals surface area contributed by atoms with Crippen molar-refractivity contribution in [3.05, 3.63) is 53.6 Å². The van der Waals surface area contributed by atoms with Crippen LogP contribution in [0.1, 0.15) is 29.0 Å². The number of nitrogens with two attached hydrogens (primary N) is 1. The molecule has 0 spiro atoms. The third kappa shape index (κ3) is 3.47. The van der Waals surface area contributed by atoms with Crippen LogP contribution < -0.4 is 15.8 Å². The van der Waals surface area contributed by atoms with Gasteiger partial charge in [0.05, 0.1) is 30.7 Å². The van der Waals surface area contributed by atoms with E-state index in [2.05, 4.69) is 10.3 Å². The molecule has 1 heterocycles. The fourth-order valence-electron chi connectivity index (χ4n) is 1.92. The Morgan fingerprint density at radius 1 is 1.38 bits per heavy atom. The minimum absolute atomic E-state index is 0.192. The summed E-state index contributed by atoms with van der Waals surface area (Å²) >= 11 is 0. The minimum atomic E-state index is -0.520. The fraction of sp³-hybridized carbons (Fsp3) is 0.200. The maximum absolute atomic E-state index is 12.9. The third-order valence-electron chi connectivity index (χ3n) is 3.05. The monoisotopic (exact) mass is 289 g/mol. The molecule has 21 heavy (non-hydrogen) atoms. The number of amides is 1. The highest BCUT2D eigenvalue weighted by Gasteiger charge is 2.12. The lowest BCUT2D eigenvalue weighted by Gasteiger charge is -2.17. The Morgan fingerprint density at radius 3 is 2.71 bits per heavy atom. The van der Waals surface area contributed by atoms with E-state index >= 15 is 0 Å². The maximum Gasteiger partial charge on any atom is 0.248 e. The van der Waals surface area contributed by atoms with Crippen molar-refractivity contribution in [3.63, 3.8) is 0 Å².